The minimum absolute atomic E-state index is 0.715. The van der Waals surface area contributed by atoms with Gasteiger partial charge >= 0.3 is 0 Å². The molecular formula is C12H20N2. The molecule has 0 unspecified atom stereocenters. The highest BCUT2D eigenvalue weighted by Gasteiger charge is 2.23. The lowest BCUT2D eigenvalue weighted by molar-refractivity contribution is 0.225. The first kappa shape index (κ1) is 9.75. The number of hydrogen-bond acceptors (Lipinski definition) is 1. The van der Waals surface area contributed by atoms with Gasteiger partial charge in [0.1, 0.15) is 0 Å². The maximum absolute atomic E-state index is 4.11. The number of hydrogen-bond donors (Lipinski definition) is 0. The predicted octanol–water partition coefficient (Wildman–Crippen LogP) is 3.27. The van der Waals surface area contributed by atoms with E-state index in [-0.39, 0.29) is 0 Å². The van der Waals surface area contributed by atoms with Gasteiger partial charge in [0.05, 0.1) is 6.33 Å². The van der Waals surface area contributed by atoms with Crippen molar-refractivity contribution in [1.29, 1.82) is 0 Å². The lowest BCUT2D eigenvalue weighted by Gasteiger charge is -2.31. The normalized spacial score (nSPS) is 28.2. The van der Waals surface area contributed by atoms with Crippen LogP contribution in [0.1, 0.15) is 45.6 Å². The van der Waals surface area contributed by atoms with Crippen molar-refractivity contribution in [3.05, 3.63) is 18.7 Å². The average Bonchev–Trinajstić information content (AvgIpc) is 2.71. The maximum Gasteiger partial charge on any atom is 0.0948 e. The Hall–Kier alpha value is -0.790. The highest BCUT2D eigenvalue weighted by Crippen LogP contribution is 2.35. The van der Waals surface area contributed by atoms with E-state index in [0.717, 1.165) is 11.8 Å². The molecule has 2 heteroatoms. The fraction of sp³-hybridized carbons (Fsp3) is 0.750. The van der Waals surface area contributed by atoms with Gasteiger partial charge in [0.25, 0.3) is 0 Å². The zero-order valence-corrected chi connectivity index (χ0v) is 9.19. The summed E-state index contributed by atoms with van der Waals surface area (Å²) in [7, 11) is 0. The average molecular weight is 192 g/mol. The van der Waals surface area contributed by atoms with Gasteiger partial charge in [-0.3, -0.25) is 0 Å². The third kappa shape index (κ3) is 1.99. The molecule has 1 fully saturated rings. The number of aromatic nitrogens is 2. The van der Waals surface area contributed by atoms with E-state index in [2.05, 4.69) is 29.6 Å². The molecule has 0 spiro atoms. The largest absolute Gasteiger partial charge is 0.334 e. The molecule has 0 aromatic carbocycles. The van der Waals surface area contributed by atoms with E-state index >= 15 is 0 Å². The van der Waals surface area contributed by atoms with Gasteiger partial charge < -0.3 is 4.57 Å². The van der Waals surface area contributed by atoms with Crippen molar-refractivity contribution in [2.75, 3.05) is 0 Å². The second kappa shape index (κ2) is 4.16. The molecule has 1 aromatic rings. The summed E-state index contributed by atoms with van der Waals surface area (Å²) in [5.74, 6) is 1.81. The summed E-state index contributed by atoms with van der Waals surface area (Å²) >= 11 is 0. The van der Waals surface area contributed by atoms with E-state index in [4.69, 9.17) is 0 Å². The van der Waals surface area contributed by atoms with E-state index < -0.39 is 0 Å². The second-order valence-corrected chi connectivity index (χ2v) is 4.82. The summed E-state index contributed by atoms with van der Waals surface area (Å²) in [6.07, 6.45) is 11.4. The molecule has 78 valence electrons. The van der Waals surface area contributed by atoms with Crippen molar-refractivity contribution in [3.8, 4) is 0 Å². The second-order valence-electron chi connectivity index (χ2n) is 4.82. The Kier molecular flexibility index (Phi) is 2.90. The van der Waals surface area contributed by atoms with Crippen LogP contribution in [0.2, 0.25) is 0 Å². The molecule has 1 aliphatic rings. The fourth-order valence-electron chi connectivity index (χ4n) is 2.55. The van der Waals surface area contributed by atoms with Crippen molar-refractivity contribution >= 4 is 0 Å². The van der Waals surface area contributed by atoms with Gasteiger partial charge in [0, 0.05) is 18.4 Å². The summed E-state index contributed by atoms with van der Waals surface area (Å²) in [4.78, 5) is 4.11. The molecule has 1 aliphatic carbocycles. The fourth-order valence-corrected chi connectivity index (χ4v) is 2.55. The van der Waals surface area contributed by atoms with Gasteiger partial charge in [-0.15, -0.1) is 0 Å². The Morgan fingerprint density at radius 1 is 1.21 bits per heavy atom. The Morgan fingerprint density at radius 3 is 2.43 bits per heavy atom. The lowest BCUT2D eigenvalue weighted by atomic mass is 9.80. The van der Waals surface area contributed by atoms with Crippen LogP contribution in [-0.2, 0) is 0 Å². The van der Waals surface area contributed by atoms with Crippen molar-refractivity contribution in [2.45, 2.75) is 45.6 Å². The Bertz CT molecular complexity index is 256. The van der Waals surface area contributed by atoms with Gasteiger partial charge in [-0.2, -0.15) is 0 Å². The Balaban J connectivity index is 1.90. The van der Waals surface area contributed by atoms with E-state index in [1.165, 1.54) is 25.7 Å². The molecule has 1 heterocycles. The first-order valence-electron chi connectivity index (χ1n) is 5.75. The van der Waals surface area contributed by atoms with Crippen molar-refractivity contribution in [1.82, 2.24) is 9.55 Å². The van der Waals surface area contributed by atoms with Gasteiger partial charge in [0.2, 0.25) is 0 Å². The molecule has 0 aliphatic heterocycles. The first-order chi connectivity index (χ1) is 6.77. The summed E-state index contributed by atoms with van der Waals surface area (Å²) < 4.78 is 2.27. The molecular weight excluding hydrogens is 172 g/mol. The van der Waals surface area contributed by atoms with Crippen LogP contribution in [-0.4, -0.2) is 9.55 Å². The number of imidazole rings is 1. The molecule has 2 rings (SSSR count). The van der Waals surface area contributed by atoms with Crippen molar-refractivity contribution < 1.29 is 0 Å². The minimum atomic E-state index is 0.715. The predicted molar refractivity (Wildman–Crippen MR) is 58.1 cm³/mol. The van der Waals surface area contributed by atoms with E-state index in [1.54, 1.807) is 0 Å². The minimum Gasteiger partial charge on any atom is -0.334 e. The van der Waals surface area contributed by atoms with Gasteiger partial charge in [0.15, 0.2) is 0 Å². The molecule has 0 amide bonds. The van der Waals surface area contributed by atoms with E-state index in [9.17, 15) is 0 Å². The summed E-state index contributed by atoms with van der Waals surface area (Å²) in [6.45, 7) is 4.70. The molecule has 2 nitrogen and oxygen atoms in total. The van der Waals surface area contributed by atoms with Crippen LogP contribution in [0, 0.1) is 11.8 Å². The number of nitrogens with zero attached hydrogens (tertiary/aromatic N) is 2. The Morgan fingerprint density at radius 2 is 1.93 bits per heavy atom. The molecule has 1 saturated carbocycles. The Labute approximate surface area is 86.3 Å². The van der Waals surface area contributed by atoms with Crippen LogP contribution in [0.5, 0.6) is 0 Å². The first-order valence-corrected chi connectivity index (χ1v) is 5.75. The summed E-state index contributed by atoms with van der Waals surface area (Å²) in [5.41, 5.74) is 0. The highest BCUT2D eigenvalue weighted by atomic mass is 15.0. The molecule has 0 N–H and O–H groups in total. The monoisotopic (exact) mass is 192 g/mol. The van der Waals surface area contributed by atoms with Crippen LogP contribution >= 0.6 is 0 Å². The van der Waals surface area contributed by atoms with E-state index in [1.807, 2.05) is 12.5 Å². The molecule has 0 radical (unpaired) electrons. The standard InChI is InChI=1S/C12H20N2/c1-10(2)11-3-5-12(6-4-11)14-8-7-13-9-14/h7-12H,3-6H2,1-2H3/t11-,12+. The van der Waals surface area contributed by atoms with Crippen LogP contribution < -0.4 is 0 Å². The molecule has 1 aromatic heterocycles. The molecule has 14 heavy (non-hydrogen) atoms. The highest BCUT2D eigenvalue weighted by molar-refractivity contribution is 4.84. The molecule has 0 atom stereocenters. The quantitative estimate of drug-likeness (QED) is 0.703. The van der Waals surface area contributed by atoms with Crippen LogP contribution in [0.15, 0.2) is 18.7 Å². The van der Waals surface area contributed by atoms with Crippen LogP contribution in [0.25, 0.3) is 0 Å². The molecule has 0 saturated heterocycles. The van der Waals surface area contributed by atoms with Crippen molar-refractivity contribution in [2.24, 2.45) is 11.8 Å². The zero-order valence-electron chi connectivity index (χ0n) is 9.19. The van der Waals surface area contributed by atoms with Gasteiger partial charge in [-0.05, 0) is 37.5 Å². The summed E-state index contributed by atoms with van der Waals surface area (Å²) in [5, 5.41) is 0. The number of rotatable bonds is 2. The zero-order chi connectivity index (χ0) is 9.97. The third-order valence-electron chi connectivity index (χ3n) is 3.63. The summed E-state index contributed by atoms with van der Waals surface area (Å²) in [6, 6.07) is 0.715. The lowest BCUT2D eigenvalue weighted by Crippen LogP contribution is -2.20. The SMILES string of the molecule is CC(C)[C@H]1CC[C@@H](n2ccnc2)CC1. The smallest absolute Gasteiger partial charge is 0.0948 e. The van der Waals surface area contributed by atoms with Crippen LogP contribution in [0.4, 0.5) is 0 Å². The van der Waals surface area contributed by atoms with Gasteiger partial charge in [-0.1, -0.05) is 13.8 Å². The van der Waals surface area contributed by atoms with E-state index in [0.29, 0.717) is 6.04 Å². The topological polar surface area (TPSA) is 17.8 Å². The molecule has 0 bridgehead atoms. The van der Waals surface area contributed by atoms with Crippen molar-refractivity contribution in [3.63, 3.8) is 0 Å². The maximum atomic E-state index is 4.11. The third-order valence-corrected chi connectivity index (χ3v) is 3.63. The van der Waals surface area contributed by atoms with Crippen LogP contribution in [0.3, 0.4) is 0 Å². The van der Waals surface area contributed by atoms with Gasteiger partial charge in [-0.25, -0.2) is 4.98 Å².